The van der Waals surface area contributed by atoms with E-state index in [1.807, 2.05) is 0 Å². The SMILES string of the molecule is Oc1ccc(Nc2ncnc3cc(O)c(O)cc23)cc1. The number of hydrogen-bond acceptors (Lipinski definition) is 6. The summed E-state index contributed by atoms with van der Waals surface area (Å²) in [5.74, 6) is 0.203. The van der Waals surface area contributed by atoms with Crippen LogP contribution in [0.2, 0.25) is 0 Å². The van der Waals surface area contributed by atoms with Crippen LogP contribution in [0.4, 0.5) is 11.5 Å². The molecule has 0 fully saturated rings. The fourth-order valence-corrected chi connectivity index (χ4v) is 1.86. The molecule has 0 bridgehead atoms. The number of benzene rings is 2. The maximum Gasteiger partial charge on any atom is 0.159 e. The van der Waals surface area contributed by atoms with Crippen LogP contribution in [0.5, 0.6) is 17.2 Å². The Balaban J connectivity index is 2.07. The third-order valence-electron chi connectivity index (χ3n) is 2.86. The third-order valence-corrected chi connectivity index (χ3v) is 2.86. The molecule has 0 radical (unpaired) electrons. The molecule has 0 spiro atoms. The number of fused-ring (bicyclic) bond motifs is 1. The van der Waals surface area contributed by atoms with Crippen molar-refractivity contribution < 1.29 is 15.3 Å². The van der Waals surface area contributed by atoms with E-state index in [1.165, 1.54) is 18.5 Å². The van der Waals surface area contributed by atoms with E-state index in [-0.39, 0.29) is 17.2 Å². The monoisotopic (exact) mass is 269 g/mol. The lowest BCUT2D eigenvalue weighted by Gasteiger charge is -2.09. The van der Waals surface area contributed by atoms with Crippen molar-refractivity contribution >= 4 is 22.4 Å². The normalized spacial score (nSPS) is 10.6. The van der Waals surface area contributed by atoms with Gasteiger partial charge in [-0.1, -0.05) is 0 Å². The second kappa shape index (κ2) is 4.58. The standard InChI is InChI=1S/C14H11N3O3/c18-9-3-1-8(2-4-9)17-14-10-5-12(19)13(20)6-11(10)15-7-16-14/h1-7,18-20H,(H,15,16,17). The van der Waals surface area contributed by atoms with Crippen LogP contribution in [0.25, 0.3) is 10.9 Å². The highest BCUT2D eigenvalue weighted by Gasteiger charge is 2.08. The van der Waals surface area contributed by atoms with Crippen molar-refractivity contribution in [3.05, 3.63) is 42.7 Å². The molecule has 3 aromatic rings. The number of phenols is 3. The van der Waals surface area contributed by atoms with E-state index in [1.54, 1.807) is 24.3 Å². The Morgan fingerprint density at radius 2 is 1.55 bits per heavy atom. The van der Waals surface area contributed by atoms with E-state index in [4.69, 9.17) is 0 Å². The van der Waals surface area contributed by atoms with Gasteiger partial charge in [-0.2, -0.15) is 0 Å². The zero-order valence-electron chi connectivity index (χ0n) is 10.3. The molecule has 0 aliphatic carbocycles. The van der Waals surface area contributed by atoms with Crippen LogP contribution in [-0.4, -0.2) is 25.3 Å². The molecule has 0 saturated carbocycles. The fourth-order valence-electron chi connectivity index (χ4n) is 1.86. The summed E-state index contributed by atoms with van der Waals surface area (Å²) in [4.78, 5) is 8.16. The van der Waals surface area contributed by atoms with Crippen LogP contribution in [0.1, 0.15) is 0 Å². The Kier molecular flexibility index (Phi) is 2.76. The van der Waals surface area contributed by atoms with E-state index < -0.39 is 0 Å². The van der Waals surface area contributed by atoms with E-state index >= 15 is 0 Å². The molecule has 6 heteroatoms. The Labute approximate surface area is 114 Å². The fraction of sp³-hybridized carbons (Fsp3) is 0. The van der Waals surface area contributed by atoms with Crippen molar-refractivity contribution in [2.45, 2.75) is 0 Å². The molecule has 0 unspecified atom stereocenters. The number of hydrogen-bond donors (Lipinski definition) is 4. The maximum atomic E-state index is 9.58. The maximum absolute atomic E-state index is 9.58. The topological polar surface area (TPSA) is 98.5 Å². The zero-order chi connectivity index (χ0) is 14.1. The Bertz CT molecular complexity index is 772. The molecule has 0 amide bonds. The molecule has 2 aromatic carbocycles. The van der Waals surface area contributed by atoms with Gasteiger partial charge in [0.05, 0.1) is 5.52 Å². The predicted molar refractivity (Wildman–Crippen MR) is 74.3 cm³/mol. The number of phenolic OH excluding ortho intramolecular Hbond substituents is 3. The summed E-state index contributed by atoms with van der Waals surface area (Å²) in [6, 6.07) is 9.26. The average Bonchev–Trinajstić information content (AvgIpc) is 2.43. The van der Waals surface area contributed by atoms with Crippen molar-refractivity contribution in [2.24, 2.45) is 0 Å². The van der Waals surface area contributed by atoms with Gasteiger partial charge in [0, 0.05) is 17.1 Å². The van der Waals surface area contributed by atoms with Crippen LogP contribution >= 0.6 is 0 Å². The van der Waals surface area contributed by atoms with Crippen molar-refractivity contribution in [1.29, 1.82) is 0 Å². The Morgan fingerprint density at radius 3 is 2.30 bits per heavy atom. The second-order valence-corrected chi connectivity index (χ2v) is 4.25. The molecule has 20 heavy (non-hydrogen) atoms. The summed E-state index contributed by atoms with van der Waals surface area (Å²) in [6.45, 7) is 0. The van der Waals surface area contributed by atoms with Crippen molar-refractivity contribution in [1.82, 2.24) is 9.97 Å². The molecule has 0 aliphatic rings. The molecule has 0 atom stereocenters. The zero-order valence-corrected chi connectivity index (χ0v) is 10.3. The highest BCUT2D eigenvalue weighted by molar-refractivity contribution is 5.92. The van der Waals surface area contributed by atoms with E-state index in [9.17, 15) is 15.3 Å². The Hall–Kier alpha value is -3.02. The molecule has 3 rings (SSSR count). The van der Waals surface area contributed by atoms with Gasteiger partial charge in [-0.25, -0.2) is 9.97 Å². The molecule has 100 valence electrons. The molecule has 1 heterocycles. The van der Waals surface area contributed by atoms with Gasteiger partial charge < -0.3 is 20.6 Å². The number of nitrogens with zero attached hydrogens (tertiary/aromatic N) is 2. The molecular weight excluding hydrogens is 258 g/mol. The summed E-state index contributed by atoms with van der Waals surface area (Å²) in [7, 11) is 0. The van der Waals surface area contributed by atoms with Crippen LogP contribution in [0.15, 0.2) is 42.7 Å². The van der Waals surface area contributed by atoms with Gasteiger partial charge in [0.15, 0.2) is 11.5 Å². The first kappa shape index (κ1) is 12.0. The van der Waals surface area contributed by atoms with Gasteiger partial charge in [-0.3, -0.25) is 0 Å². The van der Waals surface area contributed by atoms with E-state index in [2.05, 4.69) is 15.3 Å². The molecule has 4 N–H and O–H groups in total. The van der Waals surface area contributed by atoms with E-state index in [0.717, 1.165) is 5.69 Å². The first-order chi connectivity index (χ1) is 9.63. The molecule has 0 saturated heterocycles. The minimum absolute atomic E-state index is 0.172. The predicted octanol–water partition coefficient (Wildman–Crippen LogP) is 2.49. The Morgan fingerprint density at radius 1 is 0.850 bits per heavy atom. The third kappa shape index (κ3) is 2.14. The summed E-state index contributed by atoms with van der Waals surface area (Å²) in [5, 5.41) is 31.9. The van der Waals surface area contributed by atoms with Gasteiger partial charge >= 0.3 is 0 Å². The molecule has 0 aliphatic heterocycles. The highest BCUT2D eigenvalue weighted by Crippen LogP contribution is 2.32. The smallest absolute Gasteiger partial charge is 0.159 e. The molecule has 1 aromatic heterocycles. The van der Waals surface area contributed by atoms with Gasteiger partial charge in [0.2, 0.25) is 0 Å². The lowest BCUT2D eigenvalue weighted by molar-refractivity contribution is 0.405. The molecule has 6 nitrogen and oxygen atoms in total. The number of aromatic nitrogens is 2. The molecular formula is C14H11N3O3. The van der Waals surface area contributed by atoms with Crippen LogP contribution in [0.3, 0.4) is 0 Å². The van der Waals surface area contributed by atoms with Crippen molar-refractivity contribution in [3.8, 4) is 17.2 Å². The summed E-state index contributed by atoms with van der Waals surface area (Å²) >= 11 is 0. The first-order valence-electron chi connectivity index (χ1n) is 5.86. The van der Waals surface area contributed by atoms with Crippen molar-refractivity contribution in [2.75, 3.05) is 5.32 Å². The largest absolute Gasteiger partial charge is 0.508 e. The van der Waals surface area contributed by atoms with Crippen LogP contribution in [-0.2, 0) is 0 Å². The van der Waals surface area contributed by atoms with Crippen molar-refractivity contribution in [3.63, 3.8) is 0 Å². The quantitative estimate of drug-likeness (QED) is 0.421. The lowest BCUT2D eigenvalue weighted by atomic mass is 10.2. The van der Waals surface area contributed by atoms with Crippen LogP contribution in [0, 0.1) is 0 Å². The summed E-state index contributed by atoms with van der Waals surface area (Å²) in [5.41, 5.74) is 1.24. The summed E-state index contributed by atoms with van der Waals surface area (Å²) < 4.78 is 0. The van der Waals surface area contributed by atoms with Gasteiger partial charge in [0.1, 0.15) is 17.9 Å². The van der Waals surface area contributed by atoms with E-state index in [0.29, 0.717) is 16.7 Å². The number of aromatic hydroxyl groups is 3. The average molecular weight is 269 g/mol. The number of anilines is 2. The minimum atomic E-state index is -0.235. The van der Waals surface area contributed by atoms with Gasteiger partial charge in [-0.15, -0.1) is 0 Å². The minimum Gasteiger partial charge on any atom is -0.508 e. The second-order valence-electron chi connectivity index (χ2n) is 4.25. The van der Waals surface area contributed by atoms with Crippen LogP contribution < -0.4 is 5.32 Å². The summed E-state index contributed by atoms with van der Waals surface area (Å²) in [6.07, 6.45) is 1.36. The first-order valence-corrected chi connectivity index (χ1v) is 5.86. The lowest BCUT2D eigenvalue weighted by Crippen LogP contribution is -1.95. The van der Waals surface area contributed by atoms with Gasteiger partial charge in [-0.05, 0) is 30.3 Å². The number of nitrogens with one attached hydrogen (secondary N) is 1. The highest BCUT2D eigenvalue weighted by atomic mass is 16.3. The van der Waals surface area contributed by atoms with Gasteiger partial charge in [0.25, 0.3) is 0 Å². The number of rotatable bonds is 2.